The number of ether oxygens (including phenoxy) is 3. The Balaban J connectivity index is 1.68. The molecule has 30 heavy (non-hydrogen) atoms. The lowest BCUT2D eigenvalue weighted by Gasteiger charge is -2.09. The average Bonchev–Trinajstić information content (AvgIpc) is 3.19. The summed E-state index contributed by atoms with van der Waals surface area (Å²) >= 11 is 0. The van der Waals surface area contributed by atoms with E-state index >= 15 is 0 Å². The van der Waals surface area contributed by atoms with Gasteiger partial charge in [0.05, 0.1) is 19.8 Å². The first-order chi connectivity index (χ1) is 14.3. The molecule has 0 saturated carbocycles. The number of H-pyrrole nitrogens is 1. The van der Waals surface area contributed by atoms with Crippen LogP contribution in [0, 0.1) is 0 Å². The predicted octanol–water partition coefficient (Wildman–Crippen LogP) is 3.68. The van der Waals surface area contributed by atoms with E-state index in [1.807, 2.05) is 0 Å². The van der Waals surface area contributed by atoms with Crippen molar-refractivity contribution in [2.45, 2.75) is 6.18 Å². The largest absolute Gasteiger partial charge is 0.497 e. The Labute approximate surface area is 169 Å². The van der Waals surface area contributed by atoms with E-state index in [0.29, 0.717) is 22.9 Å². The van der Waals surface area contributed by atoms with Crippen LogP contribution >= 0.6 is 0 Å². The van der Waals surface area contributed by atoms with E-state index in [9.17, 15) is 18.0 Å². The molecule has 2 aromatic carbocycles. The number of nitrogens with zero attached hydrogens (tertiary/aromatic N) is 2. The molecule has 0 aliphatic heterocycles. The lowest BCUT2D eigenvalue weighted by molar-refractivity contribution is -0.153. The quantitative estimate of drug-likeness (QED) is 0.603. The summed E-state index contributed by atoms with van der Waals surface area (Å²) in [6, 6.07) is 10.3. The summed E-state index contributed by atoms with van der Waals surface area (Å²) in [6.45, 7) is -1.41. The fourth-order valence-electron chi connectivity index (χ4n) is 2.47. The van der Waals surface area contributed by atoms with Crippen molar-refractivity contribution in [3.63, 3.8) is 0 Å². The number of halogens is 3. The second-order valence-corrected chi connectivity index (χ2v) is 5.96. The maximum Gasteiger partial charge on any atom is 0.422 e. The van der Waals surface area contributed by atoms with Gasteiger partial charge in [0.1, 0.15) is 17.2 Å². The third-order valence-electron chi connectivity index (χ3n) is 3.89. The lowest BCUT2D eigenvalue weighted by atomic mass is 10.2. The molecule has 0 aliphatic rings. The molecule has 0 radical (unpaired) electrons. The van der Waals surface area contributed by atoms with Crippen LogP contribution in [0.4, 0.5) is 19.1 Å². The van der Waals surface area contributed by atoms with Gasteiger partial charge in [0.2, 0.25) is 5.95 Å². The summed E-state index contributed by atoms with van der Waals surface area (Å²) in [7, 11) is 3.03. The number of benzene rings is 2. The normalized spacial score (nSPS) is 11.1. The molecule has 0 spiro atoms. The first-order valence-corrected chi connectivity index (χ1v) is 8.55. The summed E-state index contributed by atoms with van der Waals surface area (Å²) in [4.78, 5) is 16.5. The topological polar surface area (TPSA) is 98.4 Å². The number of hydrogen-bond acceptors (Lipinski definition) is 6. The van der Waals surface area contributed by atoms with E-state index in [-0.39, 0.29) is 17.3 Å². The highest BCUT2D eigenvalue weighted by Gasteiger charge is 2.28. The minimum absolute atomic E-state index is 0.00402. The van der Waals surface area contributed by atoms with Gasteiger partial charge in [-0.05, 0) is 36.4 Å². The Kier molecular flexibility index (Phi) is 6.09. The monoisotopic (exact) mass is 422 g/mol. The number of amides is 1. The highest BCUT2D eigenvalue weighted by atomic mass is 19.4. The highest BCUT2D eigenvalue weighted by Crippen LogP contribution is 2.31. The number of hydrogen-bond donors (Lipinski definition) is 2. The Morgan fingerprint density at radius 2 is 1.77 bits per heavy atom. The number of rotatable bonds is 7. The van der Waals surface area contributed by atoms with Crippen LogP contribution < -0.4 is 19.5 Å². The van der Waals surface area contributed by atoms with E-state index in [2.05, 4.69) is 25.2 Å². The molecular weight excluding hydrogens is 405 g/mol. The highest BCUT2D eigenvalue weighted by molar-refractivity contribution is 6.03. The van der Waals surface area contributed by atoms with Crippen molar-refractivity contribution in [2.24, 2.45) is 0 Å². The van der Waals surface area contributed by atoms with Crippen molar-refractivity contribution < 1.29 is 32.2 Å². The van der Waals surface area contributed by atoms with Gasteiger partial charge in [-0.2, -0.15) is 18.2 Å². The average molecular weight is 422 g/mol. The Morgan fingerprint density at radius 3 is 2.40 bits per heavy atom. The summed E-state index contributed by atoms with van der Waals surface area (Å²) in [5, 5.41) is 9.16. The molecule has 0 atom stereocenters. The van der Waals surface area contributed by atoms with Crippen molar-refractivity contribution in [1.29, 1.82) is 0 Å². The fraction of sp³-hybridized carbons (Fsp3) is 0.211. The van der Waals surface area contributed by atoms with Gasteiger partial charge >= 0.3 is 6.18 Å². The number of carbonyl (C=O) groups is 1. The van der Waals surface area contributed by atoms with E-state index in [1.165, 1.54) is 38.5 Å². The SMILES string of the molecule is COc1ccc(-c2nc(NC(=O)c3ccc(OCC(F)(F)F)cc3)n[nH]2)c(OC)c1. The van der Waals surface area contributed by atoms with Crippen LogP contribution in [0.5, 0.6) is 17.2 Å². The van der Waals surface area contributed by atoms with Crippen LogP contribution in [0.1, 0.15) is 10.4 Å². The summed E-state index contributed by atoms with van der Waals surface area (Å²) in [6.07, 6.45) is -4.44. The molecule has 1 amide bonds. The van der Waals surface area contributed by atoms with Crippen LogP contribution in [-0.2, 0) is 0 Å². The van der Waals surface area contributed by atoms with Crippen molar-refractivity contribution >= 4 is 11.9 Å². The molecule has 1 aromatic heterocycles. The van der Waals surface area contributed by atoms with Crippen LogP contribution in [0.15, 0.2) is 42.5 Å². The molecule has 3 rings (SSSR count). The number of anilines is 1. The van der Waals surface area contributed by atoms with Crippen LogP contribution in [0.3, 0.4) is 0 Å². The van der Waals surface area contributed by atoms with Gasteiger partial charge in [0.15, 0.2) is 12.4 Å². The van der Waals surface area contributed by atoms with E-state index in [1.54, 1.807) is 18.2 Å². The van der Waals surface area contributed by atoms with Crippen LogP contribution in [-0.4, -0.2) is 48.1 Å². The molecule has 0 fully saturated rings. The first kappa shape index (κ1) is 21.0. The van der Waals surface area contributed by atoms with Crippen LogP contribution in [0.25, 0.3) is 11.4 Å². The number of aromatic nitrogens is 3. The van der Waals surface area contributed by atoms with Crippen molar-refractivity contribution in [2.75, 3.05) is 26.1 Å². The minimum Gasteiger partial charge on any atom is -0.497 e. The van der Waals surface area contributed by atoms with Crippen molar-refractivity contribution in [3.8, 4) is 28.6 Å². The smallest absolute Gasteiger partial charge is 0.422 e. The maximum atomic E-state index is 12.3. The third kappa shape index (κ3) is 5.19. The van der Waals surface area contributed by atoms with E-state index in [4.69, 9.17) is 9.47 Å². The Hall–Kier alpha value is -3.76. The Bertz CT molecular complexity index is 1020. The van der Waals surface area contributed by atoms with Gasteiger partial charge in [-0.3, -0.25) is 15.2 Å². The molecule has 0 saturated heterocycles. The molecular formula is C19H17F3N4O4. The molecule has 0 unspecified atom stereocenters. The van der Waals surface area contributed by atoms with Gasteiger partial charge in [-0.25, -0.2) is 0 Å². The standard InChI is InChI=1S/C19H17F3N4O4/c1-28-13-7-8-14(15(9-13)29-2)16-23-18(26-25-16)24-17(27)11-3-5-12(6-4-11)30-10-19(20,21)22/h3-9H,10H2,1-2H3,(H2,23,24,25,26,27). The summed E-state index contributed by atoms with van der Waals surface area (Å²) < 4.78 is 51.6. The fourth-order valence-corrected chi connectivity index (χ4v) is 2.47. The molecule has 1 heterocycles. The molecule has 158 valence electrons. The van der Waals surface area contributed by atoms with Gasteiger partial charge in [-0.1, -0.05) is 0 Å². The number of aromatic amines is 1. The predicted molar refractivity (Wildman–Crippen MR) is 101 cm³/mol. The summed E-state index contributed by atoms with van der Waals surface area (Å²) in [5.74, 6) is 0.940. The second kappa shape index (κ2) is 8.72. The zero-order valence-electron chi connectivity index (χ0n) is 15.9. The number of carbonyl (C=O) groups excluding carboxylic acids is 1. The second-order valence-electron chi connectivity index (χ2n) is 5.96. The van der Waals surface area contributed by atoms with E-state index < -0.39 is 18.7 Å². The molecule has 3 aromatic rings. The van der Waals surface area contributed by atoms with E-state index in [0.717, 1.165) is 0 Å². The minimum atomic E-state index is -4.44. The maximum absolute atomic E-state index is 12.3. The third-order valence-corrected chi connectivity index (χ3v) is 3.89. The number of nitrogens with one attached hydrogen (secondary N) is 2. The molecule has 2 N–H and O–H groups in total. The lowest BCUT2D eigenvalue weighted by Crippen LogP contribution is -2.19. The number of alkyl halides is 3. The van der Waals surface area contributed by atoms with Crippen molar-refractivity contribution in [3.05, 3.63) is 48.0 Å². The number of methoxy groups -OCH3 is 2. The Morgan fingerprint density at radius 1 is 1.07 bits per heavy atom. The van der Waals surface area contributed by atoms with Gasteiger partial charge in [0, 0.05) is 11.6 Å². The molecule has 8 nitrogen and oxygen atoms in total. The first-order valence-electron chi connectivity index (χ1n) is 8.55. The molecule has 0 aliphatic carbocycles. The van der Waals surface area contributed by atoms with Gasteiger partial charge in [-0.15, -0.1) is 5.10 Å². The van der Waals surface area contributed by atoms with Crippen LogP contribution in [0.2, 0.25) is 0 Å². The van der Waals surface area contributed by atoms with Crippen molar-refractivity contribution in [1.82, 2.24) is 15.2 Å². The molecule has 11 heteroatoms. The molecule has 0 bridgehead atoms. The van der Waals surface area contributed by atoms with Gasteiger partial charge in [0.25, 0.3) is 5.91 Å². The summed E-state index contributed by atoms with van der Waals surface area (Å²) in [5.41, 5.74) is 0.806. The van der Waals surface area contributed by atoms with Gasteiger partial charge < -0.3 is 14.2 Å². The zero-order valence-corrected chi connectivity index (χ0v) is 15.9. The zero-order chi connectivity index (χ0) is 21.7.